The zero-order valence-electron chi connectivity index (χ0n) is 18.2. The third-order valence-corrected chi connectivity index (χ3v) is 6.59. The van der Waals surface area contributed by atoms with Gasteiger partial charge in [0.2, 0.25) is 5.78 Å². The van der Waals surface area contributed by atoms with Crippen LogP contribution in [0.4, 0.5) is 0 Å². The summed E-state index contributed by atoms with van der Waals surface area (Å²) in [5.41, 5.74) is 2.96. The van der Waals surface area contributed by atoms with Gasteiger partial charge in [0, 0.05) is 6.54 Å². The molecule has 2 heterocycles. The van der Waals surface area contributed by atoms with E-state index in [4.69, 9.17) is 4.74 Å². The molecule has 1 aromatic heterocycles. The highest BCUT2D eigenvalue weighted by Gasteiger charge is 2.43. The van der Waals surface area contributed by atoms with Crippen molar-refractivity contribution in [3.8, 4) is 5.75 Å². The molecule has 1 unspecified atom stereocenters. The number of hydrogen-bond acceptors (Lipinski definition) is 5. The van der Waals surface area contributed by atoms with Crippen molar-refractivity contribution in [3.63, 3.8) is 0 Å². The van der Waals surface area contributed by atoms with Gasteiger partial charge in [0.1, 0.15) is 5.75 Å². The Bertz CT molecular complexity index is 1150. The fourth-order valence-corrected chi connectivity index (χ4v) is 4.60. The molecule has 0 saturated heterocycles. The summed E-state index contributed by atoms with van der Waals surface area (Å²) >= 11 is 1.30. The first-order valence-electron chi connectivity index (χ1n) is 10.5. The van der Waals surface area contributed by atoms with E-state index in [1.165, 1.54) is 16.9 Å². The molecular weight excluding hydrogens is 422 g/mol. The Hall–Kier alpha value is -3.38. The lowest BCUT2D eigenvalue weighted by molar-refractivity contribution is -0.130. The number of Topliss-reactive ketones (excluding diaryl/α,β-unsaturated/α-hetero) is 1. The maximum absolute atomic E-state index is 13.3. The number of aliphatic hydroxyl groups is 1. The molecular formula is C26H25NO4S. The van der Waals surface area contributed by atoms with E-state index < -0.39 is 17.7 Å². The molecule has 1 amide bonds. The van der Waals surface area contributed by atoms with Crippen molar-refractivity contribution in [1.82, 2.24) is 4.90 Å². The van der Waals surface area contributed by atoms with Crippen LogP contribution in [-0.4, -0.2) is 28.8 Å². The molecule has 1 atom stereocenters. The normalized spacial score (nSPS) is 16.2. The van der Waals surface area contributed by atoms with Gasteiger partial charge in [-0.3, -0.25) is 9.59 Å². The van der Waals surface area contributed by atoms with Gasteiger partial charge in [-0.2, -0.15) is 0 Å². The first-order chi connectivity index (χ1) is 15.4. The van der Waals surface area contributed by atoms with E-state index in [0.717, 1.165) is 16.9 Å². The fraction of sp³-hybridized carbons (Fsp3) is 0.231. The standard InChI is InChI=1S/C26H25NO4S/c1-16(2)18-8-10-19(11-9-18)23-22(24(28)21-5-4-14-32-21)25(29)26(30)27(23)15-17-6-12-20(31-3)13-7-17/h4-14,16,23,29H,15H2,1-3H3. The van der Waals surface area contributed by atoms with Gasteiger partial charge in [0.25, 0.3) is 5.91 Å². The fourth-order valence-electron chi connectivity index (χ4n) is 3.93. The molecule has 1 aliphatic rings. The summed E-state index contributed by atoms with van der Waals surface area (Å²) in [4.78, 5) is 28.5. The van der Waals surface area contributed by atoms with Crippen LogP contribution in [0, 0.1) is 0 Å². The second-order valence-corrected chi connectivity index (χ2v) is 9.02. The molecule has 164 valence electrons. The van der Waals surface area contributed by atoms with Crippen LogP contribution in [0.3, 0.4) is 0 Å². The largest absolute Gasteiger partial charge is 0.503 e. The van der Waals surface area contributed by atoms with Gasteiger partial charge in [-0.05, 0) is 46.2 Å². The number of ketones is 1. The number of benzene rings is 2. The number of ether oxygens (including phenoxy) is 1. The number of amides is 1. The Kier molecular flexibility index (Phi) is 6.15. The zero-order chi connectivity index (χ0) is 22.8. The maximum Gasteiger partial charge on any atom is 0.290 e. The second kappa shape index (κ2) is 9.01. The van der Waals surface area contributed by atoms with Gasteiger partial charge in [-0.15, -0.1) is 11.3 Å². The number of rotatable bonds is 7. The number of hydrogen-bond donors (Lipinski definition) is 1. The monoisotopic (exact) mass is 447 g/mol. The molecule has 6 heteroatoms. The predicted molar refractivity (Wildman–Crippen MR) is 125 cm³/mol. The summed E-state index contributed by atoms with van der Waals surface area (Å²) in [6.07, 6.45) is 0. The van der Waals surface area contributed by atoms with Crippen molar-refractivity contribution in [2.75, 3.05) is 7.11 Å². The lowest BCUT2D eigenvalue weighted by atomic mass is 9.93. The van der Waals surface area contributed by atoms with E-state index in [1.807, 2.05) is 53.9 Å². The number of carbonyl (C=O) groups is 2. The Balaban J connectivity index is 1.75. The molecule has 0 bridgehead atoms. The molecule has 3 aromatic rings. The van der Waals surface area contributed by atoms with E-state index in [0.29, 0.717) is 10.8 Å². The van der Waals surface area contributed by atoms with Crippen molar-refractivity contribution < 1.29 is 19.4 Å². The van der Waals surface area contributed by atoms with Gasteiger partial charge < -0.3 is 14.7 Å². The molecule has 0 aliphatic carbocycles. The minimum atomic E-state index is -0.666. The third kappa shape index (κ3) is 4.06. The average Bonchev–Trinajstić information content (AvgIpc) is 3.43. The quantitative estimate of drug-likeness (QED) is 0.475. The van der Waals surface area contributed by atoms with Crippen molar-refractivity contribution >= 4 is 23.0 Å². The summed E-state index contributed by atoms with van der Waals surface area (Å²) in [7, 11) is 1.60. The number of nitrogens with zero attached hydrogens (tertiary/aromatic N) is 1. The summed E-state index contributed by atoms with van der Waals surface area (Å²) < 4.78 is 5.22. The number of aliphatic hydroxyl groups excluding tert-OH is 1. The van der Waals surface area contributed by atoms with Crippen LogP contribution in [0.15, 0.2) is 77.4 Å². The van der Waals surface area contributed by atoms with Crippen LogP contribution >= 0.6 is 11.3 Å². The number of carbonyl (C=O) groups excluding carboxylic acids is 2. The van der Waals surface area contributed by atoms with E-state index in [-0.39, 0.29) is 17.9 Å². The van der Waals surface area contributed by atoms with Crippen molar-refractivity contribution in [3.05, 3.63) is 98.9 Å². The van der Waals surface area contributed by atoms with Crippen LogP contribution in [0.2, 0.25) is 0 Å². The van der Waals surface area contributed by atoms with Gasteiger partial charge in [-0.1, -0.05) is 56.3 Å². The Morgan fingerprint density at radius 2 is 1.78 bits per heavy atom. The minimum absolute atomic E-state index is 0.128. The van der Waals surface area contributed by atoms with Crippen LogP contribution in [0.25, 0.3) is 0 Å². The molecule has 5 nitrogen and oxygen atoms in total. The van der Waals surface area contributed by atoms with Gasteiger partial charge in [0.05, 0.1) is 23.6 Å². The van der Waals surface area contributed by atoms with Crippen LogP contribution in [0.5, 0.6) is 5.75 Å². The molecule has 1 N–H and O–H groups in total. The molecule has 0 spiro atoms. The van der Waals surface area contributed by atoms with E-state index in [9.17, 15) is 14.7 Å². The first kappa shape index (κ1) is 21.8. The number of thiophene rings is 1. The minimum Gasteiger partial charge on any atom is -0.503 e. The molecule has 2 aromatic carbocycles. The lowest BCUT2D eigenvalue weighted by Gasteiger charge is -2.27. The molecule has 0 radical (unpaired) electrons. The summed E-state index contributed by atoms with van der Waals surface area (Å²) in [5, 5.41) is 12.6. The molecule has 1 aliphatic heterocycles. The Labute approximate surface area is 191 Å². The van der Waals surface area contributed by atoms with Crippen molar-refractivity contribution in [2.45, 2.75) is 32.4 Å². The highest BCUT2D eigenvalue weighted by molar-refractivity contribution is 7.12. The highest BCUT2D eigenvalue weighted by Crippen LogP contribution is 2.40. The van der Waals surface area contributed by atoms with Crippen LogP contribution < -0.4 is 4.74 Å². The van der Waals surface area contributed by atoms with Gasteiger partial charge in [0.15, 0.2) is 5.76 Å². The van der Waals surface area contributed by atoms with Crippen molar-refractivity contribution in [2.24, 2.45) is 0 Å². The number of methoxy groups -OCH3 is 1. The van der Waals surface area contributed by atoms with E-state index in [2.05, 4.69) is 13.8 Å². The SMILES string of the molecule is COc1ccc(CN2C(=O)C(O)=C(C(=O)c3cccs3)C2c2ccc(C(C)C)cc2)cc1. The molecule has 0 fully saturated rings. The summed E-state index contributed by atoms with van der Waals surface area (Å²) in [6.45, 7) is 4.48. The van der Waals surface area contributed by atoms with E-state index >= 15 is 0 Å². The third-order valence-electron chi connectivity index (χ3n) is 5.72. The van der Waals surface area contributed by atoms with Crippen LogP contribution in [-0.2, 0) is 11.3 Å². The lowest BCUT2D eigenvalue weighted by Crippen LogP contribution is -2.30. The Morgan fingerprint density at radius 1 is 1.09 bits per heavy atom. The smallest absolute Gasteiger partial charge is 0.290 e. The summed E-state index contributed by atoms with van der Waals surface area (Å²) in [6, 6.07) is 18.1. The Morgan fingerprint density at radius 3 is 2.34 bits per heavy atom. The molecule has 32 heavy (non-hydrogen) atoms. The maximum atomic E-state index is 13.3. The van der Waals surface area contributed by atoms with Gasteiger partial charge >= 0.3 is 0 Å². The zero-order valence-corrected chi connectivity index (χ0v) is 19.1. The topological polar surface area (TPSA) is 66.8 Å². The predicted octanol–water partition coefficient (Wildman–Crippen LogP) is 5.66. The van der Waals surface area contributed by atoms with Crippen LogP contribution in [0.1, 0.15) is 52.2 Å². The van der Waals surface area contributed by atoms with Crippen molar-refractivity contribution in [1.29, 1.82) is 0 Å². The van der Waals surface area contributed by atoms with E-state index in [1.54, 1.807) is 24.1 Å². The first-order valence-corrected chi connectivity index (χ1v) is 11.3. The average molecular weight is 448 g/mol. The molecule has 4 rings (SSSR count). The summed E-state index contributed by atoms with van der Waals surface area (Å²) in [5.74, 6) is -0.257. The van der Waals surface area contributed by atoms with Gasteiger partial charge in [-0.25, -0.2) is 0 Å². The highest BCUT2D eigenvalue weighted by atomic mass is 32.1. The second-order valence-electron chi connectivity index (χ2n) is 8.07. The molecule has 0 saturated carbocycles.